The van der Waals surface area contributed by atoms with Crippen LogP contribution in [0.1, 0.15) is 21.9 Å². The molecule has 0 N–H and O–H groups in total. The summed E-state index contributed by atoms with van der Waals surface area (Å²) in [4.78, 5) is 11.5. The number of esters is 1. The van der Waals surface area contributed by atoms with Gasteiger partial charge in [-0.25, -0.2) is 4.79 Å². The predicted octanol–water partition coefficient (Wildman–Crippen LogP) is 3.86. The van der Waals surface area contributed by atoms with Gasteiger partial charge in [-0.15, -0.1) is 10.2 Å². The van der Waals surface area contributed by atoms with Gasteiger partial charge in [0.15, 0.2) is 10.8 Å². The lowest BCUT2D eigenvalue weighted by atomic mass is 10.1. The number of fused-ring (bicyclic) bond motifs is 3. The van der Waals surface area contributed by atoms with Crippen LogP contribution >= 0.6 is 11.8 Å². The van der Waals surface area contributed by atoms with Crippen molar-refractivity contribution in [3.8, 4) is 0 Å². The van der Waals surface area contributed by atoms with Crippen molar-refractivity contribution in [1.82, 2.24) is 14.6 Å². The second kappa shape index (κ2) is 6.25. The van der Waals surface area contributed by atoms with Gasteiger partial charge >= 0.3 is 5.97 Å². The van der Waals surface area contributed by atoms with Crippen LogP contribution in [0.4, 0.5) is 0 Å². The van der Waals surface area contributed by atoms with Crippen LogP contribution in [0.3, 0.4) is 0 Å². The molecule has 0 spiro atoms. The Kier molecular flexibility index (Phi) is 3.93. The van der Waals surface area contributed by atoms with Crippen LogP contribution < -0.4 is 0 Å². The summed E-state index contributed by atoms with van der Waals surface area (Å²) in [6.45, 7) is 2.07. The highest BCUT2D eigenvalue weighted by atomic mass is 32.2. The first kappa shape index (κ1) is 15.7. The number of para-hydroxylation sites is 1. The molecule has 4 aromatic rings. The highest BCUT2D eigenvalue weighted by molar-refractivity contribution is 7.98. The van der Waals surface area contributed by atoms with Gasteiger partial charge in [-0.1, -0.05) is 30.0 Å². The number of hydrogen-bond donors (Lipinski definition) is 0. The van der Waals surface area contributed by atoms with Gasteiger partial charge in [0.05, 0.1) is 18.4 Å². The lowest BCUT2D eigenvalue weighted by Gasteiger charge is -2.06. The standard InChI is InChI=1S/C18H15N3O3S/c1-11-9-16-19-20-18(21(16)14-6-4-3-5-13(11)14)25-10-12-7-8-15(24-12)17(22)23-2/h3-9H,10H2,1-2H3. The molecule has 4 rings (SSSR count). The van der Waals surface area contributed by atoms with E-state index in [2.05, 4.69) is 34.0 Å². The molecule has 0 aliphatic heterocycles. The Hall–Kier alpha value is -2.80. The van der Waals surface area contributed by atoms with Crippen molar-refractivity contribution < 1.29 is 13.9 Å². The lowest BCUT2D eigenvalue weighted by molar-refractivity contribution is 0.0563. The summed E-state index contributed by atoms with van der Waals surface area (Å²) in [5.41, 5.74) is 3.05. The van der Waals surface area contributed by atoms with Crippen LogP contribution in [0.2, 0.25) is 0 Å². The summed E-state index contributed by atoms with van der Waals surface area (Å²) in [6, 6.07) is 13.6. The molecule has 6 nitrogen and oxygen atoms in total. The van der Waals surface area contributed by atoms with Crippen LogP contribution in [0.15, 0.2) is 52.0 Å². The van der Waals surface area contributed by atoms with Crippen molar-refractivity contribution in [2.24, 2.45) is 0 Å². The van der Waals surface area contributed by atoms with Crippen molar-refractivity contribution >= 4 is 34.3 Å². The Morgan fingerprint density at radius 1 is 1.24 bits per heavy atom. The minimum absolute atomic E-state index is 0.199. The number of nitrogens with zero attached hydrogens (tertiary/aromatic N) is 3. The van der Waals surface area contributed by atoms with Gasteiger partial charge < -0.3 is 9.15 Å². The maximum absolute atomic E-state index is 11.5. The molecule has 0 saturated heterocycles. The summed E-state index contributed by atoms with van der Waals surface area (Å²) in [5, 5.41) is 10.5. The molecule has 0 unspecified atom stereocenters. The van der Waals surface area contributed by atoms with E-state index < -0.39 is 5.97 Å². The van der Waals surface area contributed by atoms with Gasteiger partial charge in [-0.3, -0.25) is 4.40 Å². The average Bonchev–Trinajstić information content (AvgIpc) is 3.26. The van der Waals surface area contributed by atoms with E-state index in [1.54, 1.807) is 12.1 Å². The molecule has 126 valence electrons. The number of benzene rings is 1. The minimum atomic E-state index is -0.481. The maximum Gasteiger partial charge on any atom is 0.373 e. The monoisotopic (exact) mass is 353 g/mol. The van der Waals surface area contributed by atoms with E-state index in [9.17, 15) is 4.79 Å². The summed E-state index contributed by atoms with van der Waals surface area (Å²) < 4.78 is 12.2. The molecule has 3 aromatic heterocycles. The fourth-order valence-electron chi connectivity index (χ4n) is 2.77. The molecule has 0 saturated carbocycles. The zero-order valence-corrected chi connectivity index (χ0v) is 14.5. The molecule has 1 aromatic carbocycles. The first-order valence-electron chi connectivity index (χ1n) is 7.70. The summed E-state index contributed by atoms with van der Waals surface area (Å²) in [7, 11) is 1.33. The number of carbonyl (C=O) groups excluding carboxylic acids is 1. The largest absolute Gasteiger partial charge is 0.463 e. The predicted molar refractivity (Wildman–Crippen MR) is 94.8 cm³/mol. The Balaban J connectivity index is 1.67. The minimum Gasteiger partial charge on any atom is -0.463 e. The van der Waals surface area contributed by atoms with E-state index in [1.807, 2.05) is 22.6 Å². The quantitative estimate of drug-likeness (QED) is 0.410. The Morgan fingerprint density at radius 3 is 2.92 bits per heavy atom. The third-order valence-corrected chi connectivity index (χ3v) is 4.92. The summed E-state index contributed by atoms with van der Waals surface area (Å²) >= 11 is 1.51. The third-order valence-electron chi connectivity index (χ3n) is 3.97. The number of thioether (sulfide) groups is 1. The highest BCUT2D eigenvalue weighted by Crippen LogP contribution is 2.28. The molecule has 0 aliphatic rings. The molecular weight excluding hydrogens is 338 g/mol. The van der Waals surface area contributed by atoms with Gasteiger partial charge in [0.1, 0.15) is 5.76 Å². The first-order valence-corrected chi connectivity index (χ1v) is 8.69. The summed E-state index contributed by atoms with van der Waals surface area (Å²) in [5.74, 6) is 0.939. The van der Waals surface area contributed by atoms with E-state index in [0.717, 1.165) is 16.3 Å². The average molecular weight is 353 g/mol. The van der Waals surface area contributed by atoms with Crippen LogP contribution in [-0.4, -0.2) is 27.7 Å². The highest BCUT2D eigenvalue weighted by Gasteiger charge is 2.14. The molecule has 0 radical (unpaired) electrons. The Morgan fingerprint density at radius 2 is 2.08 bits per heavy atom. The SMILES string of the molecule is COC(=O)c1ccc(CSc2nnc3cc(C)c4ccccc4n23)o1. The lowest BCUT2D eigenvalue weighted by Crippen LogP contribution is -1.98. The van der Waals surface area contributed by atoms with Crippen molar-refractivity contribution in [3.05, 3.63) is 59.5 Å². The van der Waals surface area contributed by atoms with Gasteiger partial charge in [0, 0.05) is 5.39 Å². The third kappa shape index (κ3) is 2.76. The topological polar surface area (TPSA) is 69.6 Å². The molecule has 0 aliphatic carbocycles. The number of aryl methyl sites for hydroxylation is 1. The number of rotatable bonds is 4. The first-order chi connectivity index (χ1) is 12.2. The molecule has 3 heterocycles. The summed E-state index contributed by atoms with van der Waals surface area (Å²) in [6.07, 6.45) is 0. The molecular formula is C18H15N3O3S. The second-order valence-corrected chi connectivity index (χ2v) is 6.51. The van der Waals surface area contributed by atoms with Crippen LogP contribution in [0.25, 0.3) is 16.6 Å². The molecule has 7 heteroatoms. The number of carbonyl (C=O) groups is 1. The van der Waals surface area contributed by atoms with Crippen molar-refractivity contribution in [2.75, 3.05) is 7.11 Å². The van der Waals surface area contributed by atoms with Gasteiger partial charge in [-0.05, 0) is 36.8 Å². The number of furan rings is 1. The number of hydrogen-bond acceptors (Lipinski definition) is 6. The van der Waals surface area contributed by atoms with Gasteiger partial charge in [-0.2, -0.15) is 0 Å². The van der Waals surface area contributed by atoms with E-state index in [1.165, 1.54) is 29.8 Å². The number of aromatic nitrogens is 3. The fraction of sp³-hybridized carbons (Fsp3) is 0.167. The van der Waals surface area contributed by atoms with Crippen LogP contribution in [0, 0.1) is 6.92 Å². The van der Waals surface area contributed by atoms with E-state index in [0.29, 0.717) is 11.5 Å². The number of ether oxygens (including phenoxy) is 1. The number of methoxy groups -OCH3 is 1. The van der Waals surface area contributed by atoms with Crippen LogP contribution in [0.5, 0.6) is 0 Å². The molecule has 0 amide bonds. The Labute approximate surface area is 147 Å². The normalized spacial score (nSPS) is 11.3. The van der Waals surface area contributed by atoms with E-state index in [4.69, 9.17) is 4.42 Å². The molecule has 0 bridgehead atoms. The van der Waals surface area contributed by atoms with E-state index in [-0.39, 0.29) is 5.76 Å². The van der Waals surface area contributed by atoms with Crippen LogP contribution in [-0.2, 0) is 10.5 Å². The Bertz CT molecular complexity index is 1080. The number of pyridine rings is 1. The van der Waals surface area contributed by atoms with E-state index >= 15 is 0 Å². The smallest absolute Gasteiger partial charge is 0.373 e. The molecule has 0 atom stereocenters. The van der Waals surface area contributed by atoms with Gasteiger partial charge in [0.25, 0.3) is 0 Å². The van der Waals surface area contributed by atoms with Gasteiger partial charge in [0.2, 0.25) is 5.76 Å². The second-order valence-electron chi connectivity index (χ2n) is 5.57. The molecule has 25 heavy (non-hydrogen) atoms. The van der Waals surface area contributed by atoms with Crippen molar-refractivity contribution in [3.63, 3.8) is 0 Å². The fourth-order valence-corrected chi connectivity index (χ4v) is 3.62. The van der Waals surface area contributed by atoms with Crippen molar-refractivity contribution in [1.29, 1.82) is 0 Å². The zero-order valence-electron chi connectivity index (χ0n) is 13.7. The van der Waals surface area contributed by atoms with Crippen molar-refractivity contribution in [2.45, 2.75) is 17.8 Å². The zero-order chi connectivity index (χ0) is 17.4. The maximum atomic E-state index is 11.5. The molecule has 0 fully saturated rings.